The fourth-order valence-corrected chi connectivity index (χ4v) is 2.67. The van der Waals surface area contributed by atoms with Gasteiger partial charge in [0.15, 0.2) is 5.78 Å². The number of nitrogens with zero attached hydrogens (tertiary/aromatic N) is 1. The predicted molar refractivity (Wildman–Crippen MR) is 96.8 cm³/mol. The average molecular weight is 322 g/mol. The second-order valence-electron chi connectivity index (χ2n) is 6.07. The van der Waals surface area contributed by atoms with Crippen LogP contribution in [0, 0.1) is 6.92 Å². The Labute approximate surface area is 142 Å². The molecule has 1 N–H and O–H groups in total. The Kier molecular flexibility index (Phi) is 4.96. The van der Waals surface area contributed by atoms with Crippen LogP contribution in [0.2, 0.25) is 0 Å². The first-order chi connectivity index (χ1) is 11.6. The van der Waals surface area contributed by atoms with Gasteiger partial charge < -0.3 is 9.72 Å². The van der Waals surface area contributed by atoms with Crippen LogP contribution >= 0.6 is 0 Å². The first-order valence-electron chi connectivity index (χ1n) is 8.11. The number of hydrogen-bond donors (Lipinski definition) is 1. The highest BCUT2D eigenvalue weighted by atomic mass is 16.5. The number of likely N-dealkylation sites (N-methyl/N-ethyl adjacent to an activating group) is 1. The number of carbonyl (C=O) groups is 1. The third kappa shape index (κ3) is 3.84. The van der Waals surface area contributed by atoms with E-state index in [0.717, 1.165) is 22.2 Å². The lowest BCUT2D eigenvalue weighted by Crippen LogP contribution is -2.29. The lowest BCUT2D eigenvalue weighted by Gasteiger charge is -2.16. The molecule has 124 valence electrons. The van der Waals surface area contributed by atoms with Gasteiger partial charge in [-0.1, -0.05) is 35.9 Å². The summed E-state index contributed by atoms with van der Waals surface area (Å²) in [5.74, 6) is 0.974. The van der Waals surface area contributed by atoms with E-state index in [4.69, 9.17) is 4.74 Å². The zero-order valence-corrected chi connectivity index (χ0v) is 14.1. The van der Waals surface area contributed by atoms with E-state index in [1.807, 2.05) is 67.4 Å². The van der Waals surface area contributed by atoms with Crippen LogP contribution in [-0.2, 0) is 0 Å². The van der Waals surface area contributed by atoms with Gasteiger partial charge >= 0.3 is 0 Å². The van der Waals surface area contributed by atoms with Crippen LogP contribution in [-0.4, -0.2) is 42.4 Å². The Balaban J connectivity index is 1.52. The van der Waals surface area contributed by atoms with Crippen molar-refractivity contribution in [2.24, 2.45) is 0 Å². The maximum absolute atomic E-state index is 12.5. The van der Waals surface area contributed by atoms with E-state index in [-0.39, 0.29) is 5.78 Å². The summed E-state index contributed by atoms with van der Waals surface area (Å²) in [6.45, 7) is 3.68. The summed E-state index contributed by atoms with van der Waals surface area (Å²) in [7, 11) is 1.94. The zero-order valence-electron chi connectivity index (χ0n) is 14.1. The number of Topliss-reactive ketones (excluding diaryl/α,β-unsaturated/α-hetero) is 1. The van der Waals surface area contributed by atoms with E-state index in [9.17, 15) is 4.79 Å². The van der Waals surface area contributed by atoms with Crippen LogP contribution in [0.5, 0.6) is 5.75 Å². The minimum Gasteiger partial charge on any atom is -0.492 e. The second-order valence-corrected chi connectivity index (χ2v) is 6.07. The van der Waals surface area contributed by atoms with Gasteiger partial charge in [-0.05, 0) is 32.2 Å². The summed E-state index contributed by atoms with van der Waals surface area (Å²) in [6.07, 6.45) is 1.80. The molecule has 0 fully saturated rings. The Morgan fingerprint density at radius 1 is 1.12 bits per heavy atom. The van der Waals surface area contributed by atoms with E-state index in [1.54, 1.807) is 6.20 Å². The van der Waals surface area contributed by atoms with Gasteiger partial charge in [0.2, 0.25) is 0 Å². The number of ketones is 1. The molecule has 2 aromatic carbocycles. The lowest BCUT2D eigenvalue weighted by molar-refractivity contribution is 0.0940. The monoisotopic (exact) mass is 322 g/mol. The number of carbonyl (C=O) groups excluding carboxylic acids is 1. The maximum Gasteiger partial charge on any atom is 0.178 e. The summed E-state index contributed by atoms with van der Waals surface area (Å²) in [5.41, 5.74) is 2.95. The standard InChI is InChI=1S/C20H22N2O2/c1-15-7-9-16(10-8-15)24-12-11-22(2)14-20(23)18-13-21-19-6-4-3-5-17(18)19/h3-10,13,21H,11-12,14H2,1-2H3. The van der Waals surface area contributed by atoms with Gasteiger partial charge in [0, 0.05) is 29.2 Å². The Hall–Kier alpha value is -2.59. The molecule has 0 unspecified atom stereocenters. The largest absolute Gasteiger partial charge is 0.492 e. The van der Waals surface area contributed by atoms with Crippen LogP contribution in [0.4, 0.5) is 0 Å². The quantitative estimate of drug-likeness (QED) is 0.675. The van der Waals surface area contributed by atoms with Crippen LogP contribution in [0.1, 0.15) is 15.9 Å². The van der Waals surface area contributed by atoms with E-state index < -0.39 is 0 Å². The molecule has 0 bridgehead atoms. The van der Waals surface area contributed by atoms with Crippen molar-refractivity contribution in [1.29, 1.82) is 0 Å². The van der Waals surface area contributed by atoms with E-state index in [1.165, 1.54) is 5.56 Å². The van der Waals surface area contributed by atoms with Crippen molar-refractivity contribution < 1.29 is 9.53 Å². The van der Waals surface area contributed by atoms with Gasteiger partial charge in [-0.15, -0.1) is 0 Å². The molecule has 0 amide bonds. The fourth-order valence-electron chi connectivity index (χ4n) is 2.67. The van der Waals surface area contributed by atoms with Crippen molar-refractivity contribution in [2.45, 2.75) is 6.92 Å². The van der Waals surface area contributed by atoms with Crippen molar-refractivity contribution >= 4 is 16.7 Å². The van der Waals surface area contributed by atoms with Crippen molar-refractivity contribution in [3.8, 4) is 5.75 Å². The predicted octanol–water partition coefficient (Wildman–Crippen LogP) is 3.67. The summed E-state index contributed by atoms with van der Waals surface area (Å²) >= 11 is 0. The van der Waals surface area contributed by atoms with Gasteiger partial charge in [0.25, 0.3) is 0 Å². The number of rotatable bonds is 7. The zero-order chi connectivity index (χ0) is 16.9. The number of benzene rings is 2. The van der Waals surface area contributed by atoms with Crippen molar-refractivity contribution in [3.63, 3.8) is 0 Å². The second kappa shape index (κ2) is 7.32. The number of aromatic amines is 1. The van der Waals surface area contributed by atoms with Gasteiger partial charge in [-0.2, -0.15) is 0 Å². The molecule has 0 aliphatic heterocycles. The highest BCUT2D eigenvalue weighted by molar-refractivity contribution is 6.08. The minimum atomic E-state index is 0.116. The van der Waals surface area contributed by atoms with Gasteiger partial charge in [0.05, 0.1) is 6.54 Å². The molecule has 4 heteroatoms. The molecule has 0 atom stereocenters. The Morgan fingerprint density at radius 3 is 2.67 bits per heavy atom. The molecular formula is C20H22N2O2. The van der Waals surface area contributed by atoms with E-state index in [0.29, 0.717) is 19.7 Å². The van der Waals surface area contributed by atoms with Crippen molar-refractivity contribution in [2.75, 3.05) is 26.7 Å². The van der Waals surface area contributed by atoms with Crippen LogP contribution in [0.15, 0.2) is 54.7 Å². The molecular weight excluding hydrogens is 300 g/mol. The van der Waals surface area contributed by atoms with Crippen molar-refractivity contribution in [1.82, 2.24) is 9.88 Å². The molecule has 3 rings (SSSR count). The summed E-state index contributed by atoms with van der Waals surface area (Å²) in [6, 6.07) is 15.8. The van der Waals surface area contributed by atoms with E-state index in [2.05, 4.69) is 4.98 Å². The van der Waals surface area contributed by atoms with Gasteiger partial charge in [-0.3, -0.25) is 9.69 Å². The molecule has 1 aromatic heterocycles. The Bertz CT molecular complexity index is 821. The van der Waals surface area contributed by atoms with Gasteiger partial charge in [-0.25, -0.2) is 0 Å². The molecule has 24 heavy (non-hydrogen) atoms. The highest BCUT2D eigenvalue weighted by Gasteiger charge is 2.13. The molecule has 4 nitrogen and oxygen atoms in total. The van der Waals surface area contributed by atoms with Crippen LogP contribution in [0.25, 0.3) is 10.9 Å². The number of para-hydroxylation sites is 1. The summed E-state index contributed by atoms with van der Waals surface area (Å²) in [4.78, 5) is 17.6. The molecule has 3 aromatic rings. The number of fused-ring (bicyclic) bond motifs is 1. The van der Waals surface area contributed by atoms with Crippen molar-refractivity contribution in [3.05, 3.63) is 65.9 Å². The molecule has 0 spiro atoms. The topological polar surface area (TPSA) is 45.3 Å². The van der Waals surface area contributed by atoms with Crippen LogP contribution < -0.4 is 4.74 Å². The normalized spacial score (nSPS) is 11.1. The average Bonchev–Trinajstić information content (AvgIpc) is 3.01. The third-order valence-corrected chi connectivity index (χ3v) is 4.07. The third-order valence-electron chi connectivity index (χ3n) is 4.07. The molecule has 0 aliphatic carbocycles. The first kappa shape index (κ1) is 16.3. The number of aryl methyl sites for hydroxylation is 1. The molecule has 0 saturated carbocycles. The number of H-pyrrole nitrogens is 1. The molecule has 0 radical (unpaired) electrons. The van der Waals surface area contributed by atoms with Gasteiger partial charge in [0.1, 0.15) is 12.4 Å². The van der Waals surface area contributed by atoms with Crippen LogP contribution in [0.3, 0.4) is 0 Å². The SMILES string of the molecule is Cc1ccc(OCCN(C)CC(=O)c2c[nH]c3ccccc23)cc1. The summed E-state index contributed by atoms with van der Waals surface area (Å²) in [5, 5.41) is 0.979. The molecule has 0 aliphatic rings. The maximum atomic E-state index is 12.5. The Morgan fingerprint density at radius 2 is 1.88 bits per heavy atom. The smallest absolute Gasteiger partial charge is 0.178 e. The number of ether oxygens (including phenoxy) is 1. The number of aromatic nitrogens is 1. The summed E-state index contributed by atoms with van der Waals surface area (Å²) < 4.78 is 5.72. The van der Waals surface area contributed by atoms with E-state index >= 15 is 0 Å². The highest BCUT2D eigenvalue weighted by Crippen LogP contribution is 2.18. The lowest BCUT2D eigenvalue weighted by atomic mass is 10.1. The fraction of sp³-hybridized carbons (Fsp3) is 0.250. The first-order valence-corrected chi connectivity index (χ1v) is 8.11. The number of nitrogens with one attached hydrogen (secondary N) is 1. The number of hydrogen-bond acceptors (Lipinski definition) is 3. The minimum absolute atomic E-state index is 0.116. The molecule has 0 saturated heterocycles. The molecule has 1 heterocycles.